The van der Waals surface area contributed by atoms with Crippen molar-refractivity contribution in [2.45, 2.75) is 20.8 Å². The Morgan fingerprint density at radius 2 is 1.70 bits per heavy atom. The zero-order chi connectivity index (χ0) is 23.7. The Morgan fingerprint density at radius 3 is 2.39 bits per heavy atom. The highest BCUT2D eigenvalue weighted by Crippen LogP contribution is 2.33. The average Bonchev–Trinajstić information content (AvgIpc) is 3.07. The number of nitrogens with zero attached hydrogens (tertiary/aromatic N) is 3. The Labute approximate surface area is 189 Å². The molecule has 0 atom stereocenters. The zero-order valence-corrected chi connectivity index (χ0v) is 18.3. The summed E-state index contributed by atoms with van der Waals surface area (Å²) in [6, 6.07) is 16.9. The fourth-order valence-electron chi connectivity index (χ4n) is 3.49. The molecule has 0 amide bonds. The van der Waals surface area contributed by atoms with Crippen LogP contribution in [0.2, 0.25) is 0 Å². The summed E-state index contributed by atoms with van der Waals surface area (Å²) in [5.74, 6) is -1.12. The summed E-state index contributed by atoms with van der Waals surface area (Å²) in [5.41, 5.74) is 4.11. The first kappa shape index (κ1) is 21.8. The number of hydrogen-bond donors (Lipinski definition) is 3. The van der Waals surface area contributed by atoms with E-state index in [9.17, 15) is 19.8 Å². The average molecular weight is 442 g/mol. The van der Waals surface area contributed by atoms with E-state index in [-0.39, 0.29) is 22.7 Å². The molecule has 166 valence electrons. The minimum absolute atomic E-state index is 0.0567. The number of rotatable bonds is 5. The van der Waals surface area contributed by atoms with Gasteiger partial charge >= 0.3 is 5.97 Å². The highest BCUT2D eigenvalue weighted by atomic mass is 16.4. The molecule has 33 heavy (non-hydrogen) atoms. The van der Waals surface area contributed by atoms with Gasteiger partial charge in [-0.2, -0.15) is 0 Å². The van der Waals surface area contributed by atoms with E-state index in [4.69, 9.17) is 0 Å². The number of aromatic nitrogens is 2. The Morgan fingerprint density at radius 1 is 0.939 bits per heavy atom. The minimum Gasteiger partial charge on any atom is -0.507 e. The predicted molar refractivity (Wildman–Crippen MR) is 125 cm³/mol. The van der Waals surface area contributed by atoms with E-state index >= 15 is 0 Å². The van der Waals surface area contributed by atoms with Gasteiger partial charge in [-0.15, -0.1) is 10.2 Å². The fraction of sp³-hybridized carbons (Fsp3) is 0.120. The quantitative estimate of drug-likeness (QED) is 0.350. The number of H-pyrrole nitrogens is 1. The lowest BCUT2D eigenvalue weighted by Crippen LogP contribution is -2.14. The lowest BCUT2D eigenvalue weighted by molar-refractivity contribution is 0.0697. The van der Waals surface area contributed by atoms with Gasteiger partial charge in [-0.25, -0.2) is 9.48 Å². The highest BCUT2D eigenvalue weighted by Gasteiger charge is 2.16. The molecule has 0 saturated carbocycles. The van der Waals surface area contributed by atoms with Crippen LogP contribution in [0.15, 0.2) is 75.7 Å². The molecule has 0 bridgehead atoms. The zero-order valence-electron chi connectivity index (χ0n) is 18.3. The molecule has 3 aromatic carbocycles. The van der Waals surface area contributed by atoms with E-state index in [2.05, 4.69) is 15.3 Å². The SMILES string of the molecule is Cc1ccc(-n2[nH]c(C)c(N=Nc3cc(-c4ccccc4O)ccc3C(=O)O)c2=O)cc1C. The summed E-state index contributed by atoms with van der Waals surface area (Å²) < 4.78 is 1.38. The number of phenols is 1. The molecule has 0 saturated heterocycles. The number of phenolic OH excluding ortho intramolecular Hbond substituents is 1. The van der Waals surface area contributed by atoms with E-state index in [1.165, 1.54) is 16.8 Å². The number of benzene rings is 3. The van der Waals surface area contributed by atoms with Crippen LogP contribution in [0.1, 0.15) is 27.2 Å². The Bertz CT molecular complexity index is 1460. The molecule has 1 aromatic heterocycles. The molecule has 0 fully saturated rings. The molecule has 0 spiro atoms. The number of aromatic amines is 1. The summed E-state index contributed by atoms with van der Waals surface area (Å²) in [6.07, 6.45) is 0. The van der Waals surface area contributed by atoms with Crippen molar-refractivity contribution in [2.24, 2.45) is 10.2 Å². The second kappa shape index (κ2) is 8.58. The smallest absolute Gasteiger partial charge is 0.337 e. The van der Waals surface area contributed by atoms with Crippen LogP contribution >= 0.6 is 0 Å². The maximum atomic E-state index is 13.0. The third-order valence-corrected chi connectivity index (χ3v) is 5.49. The number of carboxylic acids is 1. The first-order valence-corrected chi connectivity index (χ1v) is 10.2. The van der Waals surface area contributed by atoms with Crippen molar-refractivity contribution in [1.82, 2.24) is 9.78 Å². The standard InChI is InChI=1S/C25H22N4O4/c1-14-8-10-18(12-15(14)2)29-24(31)23(16(3)28-29)27-26-21-13-17(9-11-20(21)25(32)33)19-6-4-5-7-22(19)30/h4-13,28,30H,1-3H3,(H,32,33). The van der Waals surface area contributed by atoms with Gasteiger partial charge in [0, 0.05) is 5.56 Å². The summed E-state index contributed by atoms with van der Waals surface area (Å²) in [7, 11) is 0. The van der Waals surface area contributed by atoms with Crippen LogP contribution in [-0.4, -0.2) is 26.0 Å². The van der Waals surface area contributed by atoms with Gasteiger partial charge < -0.3 is 10.2 Å². The van der Waals surface area contributed by atoms with E-state index in [1.807, 2.05) is 32.0 Å². The molecule has 0 aliphatic heterocycles. The first-order valence-electron chi connectivity index (χ1n) is 10.2. The number of aromatic carboxylic acids is 1. The lowest BCUT2D eigenvalue weighted by atomic mass is 10.0. The van der Waals surface area contributed by atoms with Gasteiger partial charge in [0.05, 0.1) is 16.9 Å². The molecule has 0 aliphatic carbocycles. The summed E-state index contributed by atoms with van der Waals surface area (Å²) >= 11 is 0. The topological polar surface area (TPSA) is 120 Å². The monoisotopic (exact) mass is 442 g/mol. The number of para-hydroxylation sites is 1. The first-order chi connectivity index (χ1) is 15.8. The van der Waals surface area contributed by atoms with Crippen molar-refractivity contribution in [3.63, 3.8) is 0 Å². The normalized spacial score (nSPS) is 11.2. The number of azo groups is 1. The maximum absolute atomic E-state index is 13.0. The maximum Gasteiger partial charge on any atom is 0.337 e. The Kier molecular flexibility index (Phi) is 5.66. The second-order valence-corrected chi connectivity index (χ2v) is 7.75. The van der Waals surface area contributed by atoms with Crippen molar-refractivity contribution in [1.29, 1.82) is 0 Å². The van der Waals surface area contributed by atoms with Crippen LogP contribution in [0.5, 0.6) is 5.75 Å². The van der Waals surface area contributed by atoms with Gasteiger partial charge in [-0.1, -0.05) is 30.3 Å². The molecule has 0 aliphatic rings. The van der Waals surface area contributed by atoms with Crippen molar-refractivity contribution in [3.05, 3.63) is 93.4 Å². The molecule has 1 heterocycles. The van der Waals surface area contributed by atoms with Crippen molar-refractivity contribution in [3.8, 4) is 22.6 Å². The number of aromatic hydroxyl groups is 1. The van der Waals surface area contributed by atoms with Gasteiger partial charge in [0.25, 0.3) is 5.56 Å². The van der Waals surface area contributed by atoms with Crippen molar-refractivity contribution < 1.29 is 15.0 Å². The van der Waals surface area contributed by atoms with E-state index in [0.717, 1.165) is 11.1 Å². The minimum atomic E-state index is -1.17. The number of hydrogen-bond acceptors (Lipinski definition) is 5. The molecule has 8 nitrogen and oxygen atoms in total. The number of nitrogens with one attached hydrogen (secondary N) is 1. The van der Waals surface area contributed by atoms with Gasteiger partial charge in [0.1, 0.15) is 11.4 Å². The molecular formula is C25H22N4O4. The molecular weight excluding hydrogens is 420 g/mol. The molecule has 8 heteroatoms. The molecule has 3 N–H and O–H groups in total. The Balaban J connectivity index is 1.78. The van der Waals surface area contributed by atoms with Crippen LogP contribution < -0.4 is 5.56 Å². The highest BCUT2D eigenvalue weighted by molar-refractivity contribution is 5.94. The fourth-order valence-corrected chi connectivity index (χ4v) is 3.49. The van der Waals surface area contributed by atoms with Crippen molar-refractivity contribution >= 4 is 17.3 Å². The number of carbonyl (C=O) groups is 1. The van der Waals surface area contributed by atoms with Crippen LogP contribution in [0.3, 0.4) is 0 Å². The number of aryl methyl sites for hydroxylation is 3. The third-order valence-electron chi connectivity index (χ3n) is 5.49. The van der Waals surface area contributed by atoms with Crippen molar-refractivity contribution in [2.75, 3.05) is 0 Å². The summed E-state index contributed by atoms with van der Waals surface area (Å²) in [5, 5.41) is 30.9. The van der Waals surface area contributed by atoms with Crippen LogP contribution in [-0.2, 0) is 0 Å². The van der Waals surface area contributed by atoms with E-state index in [0.29, 0.717) is 22.5 Å². The molecule has 4 aromatic rings. The third kappa shape index (κ3) is 4.18. The van der Waals surface area contributed by atoms with Gasteiger partial charge in [0.2, 0.25) is 0 Å². The predicted octanol–water partition coefficient (Wildman–Crippen LogP) is 5.58. The van der Waals surface area contributed by atoms with Crippen LogP contribution in [0.25, 0.3) is 16.8 Å². The largest absolute Gasteiger partial charge is 0.507 e. The van der Waals surface area contributed by atoms with Crippen LogP contribution in [0.4, 0.5) is 11.4 Å². The molecule has 0 radical (unpaired) electrons. The summed E-state index contributed by atoms with van der Waals surface area (Å²) in [6.45, 7) is 5.65. The molecule has 4 rings (SSSR count). The van der Waals surface area contributed by atoms with Gasteiger partial charge in [0.15, 0.2) is 5.69 Å². The summed E-state index contributed by atoms with van der Waals surface area (Å²) in [4.78, 5) is 24.7. The number of carboxylic acid groups (broad SMARTS) is 1. The second-order valence-electron chi connectivity index (χ2n) is 7.75. The van der Waals surface area contributed by atoms with E-state index in [1.54, 1.807) is 37.3 Å². The van der Waals surface area contributed by atoms with E-state index < -0.39 is 11.5 Å². The molecule has 0 unspecified atom stereocenters. The Hall–Kier alpha value is -4.46. The van der Waals surface area contributed by atoms with Gasteiger partial charge in [-0.3, -0.25) is 9.89 Å². The lowest BCUT2D eigenvalue weighted by Gasteiger charge is -2.07. The van der Waals surface area contributed by atoms with Crippen LogP contribution in [0, 0.1) is 20.8 Å². The van der Waals surface area contributed by atoms with Gasteiger partial charge in [-0.05, 0) is 67.8 Å².